The molecular weight excluding hydrogens is 140 g/mol. The Morgan fingerprint density at radius 2 is 2.45 bits per heavy atom. The zero-order valence-corrected chi connectivity index (χ0v) is 6.13. The number of nitrogens with one attached hydrogen (secondary N) is 2. The second-order valence-corrected chi connectivity index (χ2v) is 2.24. The van der Waals surface area contributed by atoms with Crippen molar-refractivity contribution in [2.75, 3.05) is 12.4 Å². The number of aromatic amines is 1. The molecule has 11 heavy (non-hydrogen) atoms. The van der Waals surface area contributed by atoms with Crippen molar-refractivity contribution < 1.29 is 0 Å². The van der Waals surface area contributed by atoms with Crippen molar-refractivity contribution in [3.05, 3.63) is 18.7 Å². The molecule has 0 saturated heterocycles. The van der Waals surface area contributed by atoms with E-state index in [-0.39, 0.29) is 0 Å². The molecule has 2 N–H and O–H groups in total. The third-order valence-electron chi connectivity index (χ3n) is 1.62. The molecule has 0 saturated carbocycles. The van der Waals surface area contributed by atoms with Crippen molar-refractivity contribution in [3.63, 3.8) is 0 Å². The van der Waals surface area contributed by atoms with Gasteiger partial charge in [0.15, 0.2) is 0 Å². The molecule has 2 rings (SSSR count). The number of nitrogens with zero attached hydrogens (tertiary/aromatic N) is 2. The summed E-state index contributed by atoms with van der Waals surface area (Å²) in [5.41, 5.74) is 1.89. The molecule has 0 atom stereocenters. The van der Waals surface area contributed by atoms with Crippen LogP contribution in [0.1, 0.15) is 0 Å². The molecule has 0 unspecified atom stereocenters. The second kappa shape index (κ2) is 2.23. The van der Waals surface area contributed by atoms with Crippen LogP contribution in [0.4, 0.5) is 5.69 Å². The molecular formula is C7H8N4. The fourth-order valence-corrected chi connectivity index (χ4v) is 1.07. The Labute approximate surface area is 63.7 Å². The molecule has 0 aliphatic carbocycles. The lowest BCUT2D eigenvalue weighted by Crippen LogP contribution is -1.85. The van der Waals surface area contributed by atoms with Gasteiger partial charge in [-0.1, -0.05) is 0 Å². The van der Waals surface area contributed by atoms with Gasteiger partial charge in [-0.3, -0.25) is 0 Å². The van der Waals surface area contributed by atoms with E-state index in [2.05, 4.69) is 20.3 Å². The summed E-state index contributed by atoms with van der Waals surface area (Å²) in [4.78, 5) is 11.0. The average molecular weight is 148 g/mol. The third-order valence-corrected chi connectivity index (χ3v) is 1.62. The number of fused-ring (bicyclic) bond motifs is 1. The predicted molar refractivity (Wildman–Crippen MR) is 43.4 cm³/mol. The molecule has 4 heteroatoms. The molecule has 0 aromatic carbocycles. The fourth-order valence-electron chi connectivity index (χ4n) is 1.07. The largest absolute Gasteiger partial charge is 0.386 e. The van der Waals surface area contributed by atoms with E-state index in [0.29, 0.717) is 0 Å². The van der Waals surface area contributed by atoms with Gasteiger partial charge >= 0.3 is 0 Å². The van der Waals surface area contributed by atoms with Gasteiger partial charge in [0.25, 0.3) is 0 Å². The van der Waals surface area contributed by atoms with Crippen LogP contribution in [-0.2, 0) is 0 Å². The van der Waals surface area contributed by atoms with E-state index < -0.39 is 0 Å². The van der Waals surface area contributed by atoms with E-state index in [1.54, 1.807) is 6.20 Å². The highest BCUT2D eigenvalue weighted by molar-refractivity contribution is 5.88. The van der Waals surface area contributed by atoms with Gasteiger partial charge in [-0.25, -0.2) is 9.97 Å². The van der Waals surface area contributed by atoms with Crippen LogP contribution in [0.3, 0.4) is 0 Å². The molecule has 2 aromatic heterocycles. The van der Waals surface area contributed by atoms with Crippen molar-refractivity contribution >= 4 is 16.7 Å². The zero-order valence-electron chi connectivity index (χ0n) is 6.13. The SMILES string of the molecule is CNc1c[nH]c2ncncc12. The van der Waals surface area contributed by atoms with Gasteiger partial charge in [-0.2, -0.15) is 0 Å². The maximum Gasteiger partial charge on any atom is 0.142 e. The van der Waals surface area contributed by atoms with Crippen LogP contribution >= 0.6 is 0 Å². The van der Waals surface area contributed by atoms with Crippen LogP contribution in [-0.4, -0.2) is 22.0 Å². The first-order valence-electron chi connectivity index (χ1n) is 3.36. The predicted octanol–water partition coefficient (Wildman–Crippen LogP) is 1.000. The van der Waals surface area contributed by atoms with Crippen LogP contribution < -0.4 is 5.32 Å². The Morgan fingerprint density at radius 3 is 3.27 bits per heavy atom. The third kappa shape index (κ3) is 0.832. The second-order valence-electron chi connectivity index (χ2n) is 2.24. The molecule has 0 fully saturated rings. The summed E-state index contributed by atoms with van der Waals surface area (Å²) in [5.74, 6) is 0. The summed E-state index contributed by atoms with van der Waals surface area (Å²) in [7, 11) is 1.87. The standard InChI is InChI=1S/C7H8N4/c1-8-6-3-10-7-5(6)2-9-4-11-7/h2-4,8H,1H3,(H,9,10,11). The molecule has 2 heterocycles. The van der Waals surface area contributed by atoms with Crippen LogP contribution in [0.15, 0.2) is 18.7 Å². The van der Waals surface area contributed by atoms with E-state index in [1.807, 2.05) is 13.2 Å². The molecule has 0 bridgehead atoms. The van der Waals surface area contributed by atoms with Gasteiger partial charge in [0.05, 0.1) is 11.1 Å². The van der Waals surface area contributed by atoms with Crippen molar-refractivity contribution in [2.24, 2.45) is 0 Å². The van der Waals surface area contributed by atoms with E-state index >= 15 is 0 Å². The molecule has 0 aliphatic rings. The van der Waals surface area contributed by atoms with Gasteiger partial charge in [-0.15, -0.1) is 0 Å². The number of anilines is 1. The minimum atomic E-state index is 0.865. The maximum absolute atomic E-state index is 4.04. The molecule has 2 aromatic rings. The first kappa shape index (κ1) is 6.15. The lowest BCUT2D eigenvalue weighted by Gasteiger charge is -1.92. The van der Waals surface area contributed by atoms with E-state index in [0.717, 1.165) is 16.7 Å². The molecule has 0 amide bonds. The van der Waals surface area contributed by atoms with Gasteiger partial charge in [-0.05, 0) is 0 Å². The highest BCUT2D eigenvalue weighted by Gasteiger charge is 2.00. The first-order chi connectivity index (χ1) is 5.42. The Hall–Kier alpha value is -1.58. The smallest absolute Gasteiger partial charge is 0.142 e. The maximum atomic E-state index is 4.04. The Kier molecular flexibility index (Phi) is 1.25. The van der Waals surface area contributed by atoms with Crippen molar-refractivity contribution in [3.8, 4) is 0 Å². The van der Waals surface area contributed by atoms with Crippen molar-refractivity contribution in [1.82, 2.24) is 15.0 Å². The highest BCUT2D eigenvalue weighted by Crippen LogP contribution is 2.18. The average Bonchev–Trinajstić information content (AvgIpc) is 2.47. The van der Waals surface area contributed by atoms with Crippen LogP contribution in [0.5, 0.6) is 0 Å². The minimum Gasteiger partial charge on any atom is -0.386 e. The zero-order chi connectivity index (χ0) is 7.68. The molecule has 56 valence electrons. The molecule has 0 spiro atoms. The molecule has 4 nitrogen and oxygen atoms in total. The van der Waals surface area contributed by atoms with Crippen LogP contribution in [0, 0.1) is 0 Å². The first-order valence-corrected chi connectivity index (χ1v) is 3.36. The quantitative estimate of drug-likeness (QED) is 0.634. The van der Waals surface area contributed by atoms with Crippen molar-refractivity contribution in [1.29, 1.82) is 0 Å². The highest BCUT2D eigenvalue weighted by atomic mass is 14.9. The number of hydrogen-bond acceptors (Lipinski definition) is 3. The summed E-state index contributed by atoms with van der Waals surface area (Å²) in [5, 5.41) is 4.06. The summed E-state index contributed by atoms with van der Waals surface area (Å²) in [6, 6.07) is 0. The van der Waals surface area contributed by atoms with E-state index in [4.69, 9.17) is 0 Å². The van der Waals surface area contributed by atoms with Gasteiger partial charge in [0, 0.05) is 19.4 Å². The Bertz CT molecular complexity index is 365. The summed E-state index contributed by atoms with van der Waals surface area (Å²) < 4.78 is 0. The number of hydrogen-bond donors (Lipinski definition) is 2. The number of H-pyrrole nitrogens is 1. The van der Waals surface area contributed by atoms with E-state index in [9.17, 15) is 0 Å². The van der Waals surface area contributed by atoms with Gasteiger partial charge in [0.2, 0.25) is 0 Å². The molecule has 0 aliphatic heterocycles. The van der Waals surface area contributed by atoms with Crippen LogP contribution in [0.2, 0.25) is 0 Å². The number of rotatable bonds is 1. The van der Waals surface area contributed by atoms with E-state index in [1.165, 1.54) is 6.33 Å². The molecule has 0 radical (unpaired) electrons. The topological polar surface area (TPSA) is 53.6 Å². The van der Waals surface area contributed by atoms with Crippen LogP contribution in [0.25, 0.3) is 11.0 Å². The normalized spacial score (nSPS) is 10.3. The number of aromatic nitrogens is 3. The summed E-state index contributed by atoms with van der Waals surface area (Å²) in [6.45, 7) is 0. The lowest BCUT2D eigenvalue weighted by atomic mass is 10.4. The van der Waals surface area contributed by atoms with Gasteiger partial charge < -0.3 is 10.3 Å². The summed E-state index contributed by atoms with van der Waals surface area (Å²) >= 11 is 0. The Balaban J connectivity index is 2.76. The van der Waals surface area contributed by atoms with Crippen molar-refractivity contribution in [2.45, 2.75) is 0 Å². The fraction of sp³-hybridized carbons (Fsp3) is 0.143. The Morgan fingerprint density at radius 1 is 1.55 bits per heavy atom. The monoisotopic (exact) mass is 148 g/mol. The summed E-state index contributed by atoms with van der Waals surface area (Å²) in [6.07, 6.45) is 5.18. The minimum absolute atomic E-state index is 0.865. The van der Waals surface area contributed by atoms with Gasteiger partial charge in [0.1, 0.15) is 12.0 Å². The lowest BCUT2D eigenvalue weighted by molar-refractivity contribution is 1.20.